The summed E-state index contributed by atoms with van der Waals surface area (Å²) in [4.78, 5) is 0. The van der Waals surface area contributed by atoms with E-state index in [9.17, 15) is 8.78 Å². The lowest BCUT2D eigenvalue weighted by Crippen LogP contribution is -2.36. The lowest BCUT2D eigenvalue weighted by Gasteiger charge is -2.19. The molecule has 1 atom stereocenters. The van der Waals surface area contributed by atoms with E-state index in [1.165, 1.54) is 7.11 Å². The quantitative estimate of drug-likeness (QED) is 0.653. The molecular formula is C6H10F2O2. The maximum atomic E-state index is 12.1. The van der Waals surface area contributed by atoms with Crippen molar-refractivity contribution in [3.63, 3.8) is 0 Å². The van der Waals surface area contributed by atoms with Crippen LogP contribution in [-0.2, 0) is 4.74 Å². The molecule has 1 aliphatic rings. The Morgan fingerprint density at radius 1 is 1.60 bits per heavy atom. The third-order valence-electron chi connectivity index (χ3n) is 1.65. The van der Waals surface area contributed by atoms with E-state index < -0.39 is 12.2 Å². The van der Waals surface area contributed by atoms with Gasteiger partial charge in [-0.2, -0.15) is 8.78 Å². The SMILES string of the molecule is COC(C1CC1)C(O)(F)F. The summed E-state index contributed by atoms with van der Waals surface area (Å²) in [7, 11) is 1.19. The number of alkyl halides is 2. The Balaban J connectivity index is 2.46. The van der Waals surface area contributed by atoms with Crippen LogP contribution in [0.25, 0.3) is 0 Å². The number of hydrogen-bond donors (Lipinski definition) is 1. The van der Waals surface area contributed by atoms with Gasteiger partial charge in [-0.3, -0.25) is 0 Å². The highest BCUT2D eigenvalue weighted by Gasteiger charge is 2.47. The van der Waals surface area contributed by atoms with Gasteiger partial charge >= 0.3 is 6.11 Å². The maximum absolute atomic E-state index is 12.1. The molecule has 2 nitrogen and oxygen atoms in total. The number of rotatable bonds is 3. The molecule has 0 spiro atoms. The number of hydrogen-bond acceptors (Lipinski definition) is 2. The average molecular weight is 152 g/mol. The average Bonchev–Trinajstić information content (AvgIpc) is 2.46. The van der Waals surface area contributed by atoms with E-state index in [0.717, 1.165) is 12.8 Å². The van der Waals surface area contributed by atoms with Gasteiger partial charge in [0.25, 0.3) is 0 Å². The van der Waals surface area contributed by atoms with Crippen molar-refractivity contribution in [1.29, 1.82) is 0 Å². The van der Waals surface area contributed by atoms with Crippen molar-refractivity contribution in [2.75, 3.05) is 7.11 Å². The molecule has 1 unspecified atom stereocenters. The molecule has 1 fully saturated rings. The number of halogens is 2. The Hall–Kier alpha value is -0.220. The van der Waals surface area contributed by atoms with E-state index >= 15 is 0 Å². The van der Waals surface area contributed by atoms with Crippen LogP contribution in [0, 0.1) is 5.92 Å². The first kappa shape index (κ1) is 7.88. The van der Waals surface area contributed by atoms with Crippen molar-refractivity contribution in [3.05, 3.63) is 0 Å². The van der Waals surface area contributed by atoms with Crippen molar-refractivity contribution in [3.8, 4) is 0 Å². The van der Waals surface area contributed by atoms with E-state index in [2.05, 4.69) is 4.74 Å². The van der Waals surface area contributed by atoms with Crippen molar-refractivity contribution in [2.45, 2.75) is 25.1 Å². The molecule has 4 heteroatoms. The molecule has 1 rings (SSSR count). The summed E-state index contributed by atoms with van der Waals surface area (Å²) in [5.41, 5.74) is 0. The minimum absolute atomic E-state index is 0.148. The molecule has 0 saturated heterocycles. The molecule has 1 aliphatic carbocycles. The number of methoxy groups -OCH3 is 1. The standard InChI is InChI=1S/C6H10F2O2/c1-10-5(4-2-3-4)6(7,8)9/h4-5,9H,2-3H2,1H3. The van der Waals surface area contributed by atoms with Crippen LogP contribution in [0.1, 0.15) is 12.8 Å². The van der Waals surface area contributed by atoms with Crippen molar-refractivity contribution >= 4 is 0 Å². The molecule has 1 N–H and O–H groups in total. The van der Waals surface area contributed by atoms with Crippen LogP contribution in [0.2, 0.25) is 0 Å². The van der Waals surface area contributed by atoms with Crippen LogP contribution in [0.3, 0.4) is 0 Å². The predicted octanol–water partition coefficient (Wildman–Crippen LogP) is 0.996. The van der Waals surface area contributed by atoms with Gasteiger partial charge in [-0.15, -0.1) is 0 Å². The topological polar surface area (TPSA) is 29.5 Å². The van der Waals surface area contributed by atoms with Crippen LogP contribution in [0.5, 0.6) is 0 Å². The van der Waals surface area contributed by atoms with Gasteiger partial charge in [-0.1, -0.05) is 0 Å². The van der Waals surface area contributed by atoms with Gasteiger partial charge in [0, 0.05) is 7.11 Å². The second-order valence-corrected chi connectivity index (χ2v) is 2.58. The smallest absolute Gasteiger partial charge is 0.372 e. The van der Waals surface area contributed by atoms with E-state index in [1.807, 2.05) is 0 Å². The fourth-order valence-corrected chi connectivity index (χ4v) is 1.02. The molecule has 60 valence electrons. The summed E-state index contributed by atoms with van der Waals surface area (Å²) in [5, 5.41) is 8.23. The Kier molecular flexibility index (Phi) is 1.92. The second-order valence-electron chi connectivity index (χ2n) is 2.58. The van der Waals surface area contributed by atoms with Crippen molar-refractivity contribution < 1.29 is 18.6 Å². The third-order valence-corrected chi connectivity index (χ3v) is 1.65. The van der Waals surface area contributed by atoms with E-state index in [0.29, 0.717) is 0 Å². The van der Waals surface area contributed by atoms with Crippen molar-refractivity contribution in [1.82, 2.24) is 0 Å². The Bertz CT molecular complexity index is 117. The molecule has 0 heterocycles. The zero-order chi connectivity index (χ0) is 7.78. The monoisotopic (exact) mass is 152 g/mol. The Morgan fingerprint density at radius 2 is 2.10 bits per heavy atom. The molecule has 0 amide bonds. The van der Waals surface area contributed by atoms with Crippen LogP contribution in [0.15, 0.2) is 0 Å². The molecule has 1 saturated carbocycles. The Morgan fingerprint density at radius 3 is 2.20 bits per heavy atom. The minimum atomic E-state index is -3.67. The zero-order valence-electron chi connectivity index (χ0n) is 5.68. The molecule has 0 radical (unpaired) electrons. The maximum Gasteiger partial charge on any atom is 0.379 e. The van der Waals surface area contributed by atoms with Gasteiger partial charge < -0.3 is 9.84 Å². The molecular weight excluding hydrogens is 142 g/mol. The van der Waals surface area contributed by atoms with Crippen molar-refractivity contribution in [2.24, 2.45) is 5.92 Å². The summed E-state index contributed by atoms with van der Waals surface area (Å²) in [6, 6.07) is 0. The summed E-state index contributed by atoms with van der Waals surface area (Å²) in [6.45, 7) is 0. The van der Waals surface area contributed by atoms with Crippen LogP contribution in [-0.4, -0.2) is 24.4 Å². The van der Waals surface area contributed by atoms with Crippen LogP contribution < -0.4 is 0 Å². The van der Waals surface area contributed by atoms with E-state index in [1.54, 1.807) is 0 Å². The third kappa shape index (κ3) is 1.64. The van der Waals surface area contributed by atoms with Gasteiger partial charge in [0.2, 0.25) is 0 Å². The van der Waals surface area contributed by atoms with E-state index in [4.69, 9.17) is 5.11 Å². The van der Waals surface area contributed by atoms with Gasteiger partial charge in [0.05, 0.1) is 0 Å². The first-order valence-corrected chi connectivity index (χ1v) is 3.18. The number of aliphatic hydroxyl groups is 1. The summed E-state index contributed by atoms with van der Waals surface area (Å²) < 4.78 is 28.7. The largest absolute Gasteiger partial charge is 0.379 e. The first-order valence-electron chi connectivity index (χ1n) is 3.18. The fourth-order valence-electron chi connectivity index (χ4n) is 1.02. The summed E-state index contributed by atoms with van der Waals surface area (Å²) in [5.74, 6) is -0.148. The first-order chi connectivity index (χ1) is 4.55. The molecule has 0 bridgehead atoms. The van der Waals surface area contributed by atoms with Gasteiger partial charge in [-0.25, -0.2) is 0 Å². The van der Waals surface area contributed by atoms with E-state index in [-0.39, 0.29) is 5.92 Å². The normalized spacial score (nSPS) is 22.8. The zero-order valence-corrected chi connectivity index (χ0v) is 5.68. The predicted molar refractivity (Wildman–Crippen MR) is 30.7 cm³/mol. The molecule has 0 aromatic rings. The van der Waals surface area contributed by atoms with Crippen LogP contribution in [0.4, 0.5) is 8.78 Å². The molecule has 0 aromatic heterocycles. The number of ether oxygens (including phenoxy) is 1. The molecule has 0 aromatic carbocycles. The van der Waals surface area contributed by atoms with Gasteiger partial charge in [0.15, 0.2) is 6.10 Å². The summed E-state index contributed by atoms with van der Waals surface area (Å²) >= 11 is 0. The highest BCUT2D eigenvalue weighted by Crippen LogP contribution is 2.39. The minimum Gasteiger partial charge on any atom is -0.372 e. The van der Waals surface area contributed by atoms with Gasteiger partial charge in [-0.05, 0) is 18.8 Å². The lowest BCUT2D eigenvalue weighted by molar-refractivity contribution is -0.269. The lowest BCUT2D eigenvalue weighted by atomic mass is 10.2. The Labute approximate surface area is 57.8 Å². The highest BCUT2D eigenvalue weighted by molar-refractivity contribution is 4.86. The van der Waals surface area contributed by atoms with Gasteiger partial charge in [0.1, 0.15) is 0 Å². The molecule has 10 heavy (non-hydrogen) atoms. The second kappa shape index (κ2) is 2.43. The summed E-state index contributed by atoms with van der Waals surface area (Å²) in [6.07, 6.45) is -3.51. The highest BCUT2D eigenvalue weighted by atomic mass is 19.3. The molecule has 0 aliphatic heterocycles. The van der Waals surface area contributed by atoms with Crippen LogP contribution >= 0.6 is 0 Å². The fraction of sp³-hybridized carbons (Fsp3) is 1.00.